The lowest BCUT2D eigenvalue weighted by Crippen LogP contribution is -2.35. The number of anilines is 2. The molecule has 2 heterocycles. The fourth-order valence-electron chi connectivity index (χ4n) is 3.17. The molecule has 0 bridgehead atoms. The molecule has 1 saturated heterocycles. The number of nitrogens with zero attached hydrogens (tertiary/aromatic N) is 1. The summed E-state index contributed by atoms with van der Waals surface area (Å²) in [7, 11) is -3.32. The van der Waals surface area contributed by atoms with Crippen LogP contribution in [0.5, 0.6) is 11.5 Å². The molecule has 0 saturated carbocycles. The van der Waals surface area contributed by atoms with E-state index in [-0.39, 0.29) is 19.1 Å². The second kappa shape index (κ2) is 7.63. The molecule has 4 rings (SSSR count). The molecule has 2 N–H and O–H groups in total. The number of rotatable bonds is 4. The van der Waals surface area contributed by atoms with Gasteiger partial charge < -0.3 is 20.1 Å². The average molecular weight is 417 g/mol. The Kier molecular flexibility index (Phi) is 5.01. The van der Waals surface area contributed by atoms with Crippen LogP contribution in [-0.2, 0) is 26.2 Å². The van der Waals surface area contributed by atoms with Gasteiger partial charge in [0.1, 0.15) is 0 Å². The zero-order valence-corrected chi connectivity index (χ0v) is 16.2. The number of nitrogens with one attached hydrogen (secondary N) is 2. The maximum Gasteiger partial charge on any atom is 0.313 e. The fourth-order valence-corrected chi connectivity index (χ4v) is 4.73. The van der Waals surface area contributed by atoms with Crippen molar-refractivity contribution >= 4 is 33.2 Å². The zero-order valence-electron chi connectivity index (χ0n) is 15.4. The molecule has 2 aliphatic heterocycles. The van der Waals surface area contributed by atoms with Crippen molar-refractivity contribution in [2.75, 3.05) is 28.7 Å². The van der Waals surface area contributed by atoms with Gasteiger partial charge in [-0.15, -0.1) is 0 Å². The number of hydrogen-bond donors (Lipinski definition) is 2. The van der Waals surface area contributed by atoms with Crippen LogP contribution in [0, 0.1) is 0 Å². The van der Waals surface area contributed by atoms with E-state index in [0.717, 1.165) is 5.56 Å². The predicted molar refractivity (Wildman–Crippen MR) is 105 cm³/mol. The Morgan fingerprint density at radius 1 is 1.03 bits per heavy atom. The van der Waals surface area contributed by atoms with E-state index >= 15 is 0 Å². The molecule has 9 nitrogen and oxygen atoms in total. The average Bonchev–Trinajstić information content (AvgIpc) is 3.31. The van der Waals surface area contributed by atoms with Gasteiger partial charge in [-0.1, -0.05) is 12.1 Å². The third kappa shape index (κ3) is 4.11. The van der Waals surface area contributed by atoms with Crippen molar-refractivity contribution in [2.24, 2.45) is 0 Å². The normalized spacial score (nSPS) is 16.5. The Morgan fingerprint density at radius 2 is 1.86 bits per heavy atom. The van der Waals surface area contributed by atoms with Crippen molar-refractivity contribution < 1.29 is 27.5 Å². The van der Waals surface area contributed by atoms with Gasteiger partial charge in [0.05, 0.1) is 11.4 Å². The van der Waals surface area contributed by atoms with E-state index in [0.29, 0.717) is 35.8 Å². The highest BCUT2D eigenvalue weighted by Crippen LogP contribution is 2.32. The number of carbonyl (C=O) groups is 2. The van der Waals surface area contributed by atoms with Gasteiger partial charge in [0.25, 0.3) is 0 Å². The number of sulfonamides is 1. The summed E-state index contributed by atoms with van der Waals surface area (Å²) in [6.45, 7) is 0.704. The number of benzene rings is 2. The number of ether oxygens (including phenoxy) is 2. The third-order valence-corrected chi connectivity index (χ3v) is 6.46. The molecule has 0 atom stereocenters. The third-order valence-electron chi connectivity index (χ3n) is 4.59. The summed E-state index contributed by atoms with van der Waals surface area (Å²) in [5.41, 5.74) is 1.56. The summed E-state index contributed by atoms with van der Waals surface area (Å²) in [5, 5.41) is 5.03. The van der Waals surface area contributed by atoms with Gasteiger partial charge in [-0.05, 0) is 42.3 Å². The van der Waals surface area contributed by atoms with Crippen LogP contribution in [-0.4, -0.2) is 39.3 Å². The lowest BCUT2D eigenvalue weighted by atomic mass is 10.2. The van der Waals surface area contributed by atoms with Crippen LogP contribution in [0.1, 0.15) is 12.0 Å². The molecule has 0 aliphatic carbocycles. The largest absolute Gasteiger partial charge is 0.454 e. The van der Waals surface area contributed by atoms with Crippen LogP contribution in [0.4, 0.5) is 11.4 Å². The maximum atomic E-state index is 12.2. The Morgan fingerprint density at radius 3 is 2.66 bits per heavy atom. The quantitative estimate of drug-likeness (QED) is 0.723. The van der Waals surface area contributed by atoms with Gasteiger partial charge in [0.15, 0.2) is 11.5 Å². The van der Waals surface area contributed by atoms with Gasteiger partial charge in [-0.25, -0.2) is 8.42 Å². The zero-order chi connectivity index (χ0) is 20.4. The van der Waals surface area contributed by atoms with Gasteiger partial charge in [0, 0.05) is 18.8 Å². The van der Waals surface area contributed by atoms with Gasteiger partial charge in [-0.2, -0.15) is 0 Å². The molecule has 29 heavy (non-hydrogen) atoms. The van der Waals surface area contributed by atoms with Crippen molar-refractivity contribution in [3.8, 4) is 11.5 Å². The summed E-state index contributed by atoms with van der Waals surface area (Å²) >= 11 is 0. The molecule has 2 amide bonds. The summed E-state index contributed by atoms with van der Waals surface area (Å²) in [4.78, 5) is 24.3. The molecule has 0 radical (unpaired) electrons. The van der Waals surface area contributed by atoms with Gasteiger partial charge in [0.2, 0.25) is 16.8 Å². The summed E-state index contributed by atoms with van der Waals surface area (Å²) < 4.78 is 35.9. The van der Waals surface area contributed by atoms with Crippen LogP contribution in [0.15, 0.2) is 42.5 Å². The highest BCUT2D eigenvalue weighted by Gasteiger charge is 2.28. The first-order valence-electron chi connectivity index (χ1n) is 9.00. The number of amides is 2. The van der Waals surface area contributed by atoms with Crippen molar-refractivity contribution in [1.82, 2.24) is 5.32 Å². The van der Waals surface area contributed by atoms with E-state index in [2.05, 4.69) is 10.6 Å². The summed E-state index contributed by atoms with van der Waals surface area (Å²) in [6, 6.07) is 11.6. The van der Waals surface area contributed by atoms with Crippen molar-refractivity contribution in [2.45, 2.75) is 13.0 Å². The molecule has 10 heteroatoms. The number of fused-ring (bicyclic) bond motifs is 1. The summed E-state index contributed by atoms with van der Waals surface area (Å²) in [5.74, 6) is -0.312. The minimum atomic E-state index is -3.32. The van der Waals surface area contributed by atoms with Gasteiger partial charge >= 0.3 is 11.8 Å². The number of hydrogen-bond acceptors (Lipinski definition) is 6. The smallest absolute Gasteiger partial charge is 0.313 e. The fraction of sp³-hybridized carbons (Fsp3) is 0.263. The van der Waals surface area contributed by atoms with Crippen LogP contribution >= 0.6 is 0 Å². The molecule has 152 valence electrons. The first-order chi connectivity index (χ1) is 13.9. The highest BCUT2D eigenvalue weighted by molar-refractivity contribution is 7.93. The first kappa shape index (κ1) is 19.1. The first-order valence-corrected chi connectivity index (χ1v) is 10.6. The molecule has 0 unspecified atom stereocenters. The van der Waals surface area contributed by atoms with Crippen LogP contribution < -0.4 is 24.4 Å². The monoisotopic (exact) mass is 417 g/mol. The second-order valence-corrected chi connectivity index (χ2v) is 8.63. The van der Waals surface area contributed by atoms with Gasteiger partial charge in [-0.3, -0.25) is 13.9 Å². The van der Waals surface area contributed by atoms with E-state index in [1.165, 1.54) is 10.4 Å². The lowest BCUT2D eigenvalue weighted by Gasteiger charge is -2.17. The Bertz CT molecular complexity index is 1070. The molecule has 0 spiro atoms. The molecule has 2 aliphatic rings. The van der Waals surface area contributed by atoms with E-state index in [1.54, 1.807) is 36.4 Å². The lowest BCUT2D eigenvalue weighted by molar-refractivity contribution is -0.136. The minimum Gasteiger partial charge on any atom is -0.454 e. The van der Waals surface area contributed by atoms with E-state index < -0.39 is 21.8 Å². The summed E-state index contributed by atoms with van der Waals surface area (Å²) in [6.07, 6.45) is 0.557. The van der Waals surface area contributed by atoms with Crippen LogP contribution in [0.3, 0.4) is 0 Å². The highest BCUT2D eigenvalue weighted by atomic mass is 32.2. The molecule has 0 aromatic heterocycles. The number of carbonyl (C=O) groups excluding carboxylic acids is 2. The van der Waals surface area contributed by atoms with Crippen molar-refractivity contribution in [3.05, 3.63) is 48.0 Å². The molecule has 1 fully saturated rings. The SMILES string of the molecule is O=C(NCc1ccc2c(c1)OCO2)C(=O)Nc1cccc(N2CCCS2(=O)=O)c1. The van der Waals surface area contributed by atoms with Crippen LogP contribution in [0.2, 0.25) is 0 Å². The maximum absolute atomic E-state index is 12.2. The van der Waals surface area contributed by atoms with E-state index in [9.17, 15) is 18.0 Å². The van der Waals surface area contributed by atoms with Crippen molar-refractivity contribution in [3.63, 3.8) is 0 Å². The molecule has 2 aromatic carbocycles. The molecule has 2 aromatic rings. The molecular weight excluding hydrogens is 398 g/mol. The second-order valence-electron chi connectivity index (χ2n) is 6.62. The topological polar surface area (TPSA) is 114 Å². The Labute approximate surface area is 167 Å². The predicted octanol–water partition coefficient (Wildman–Crippen LogP) is 1.21. The Balaban J connectivity index is 1.36. The standard InChI is InChI=1S/C19H19N3O6S/c23-18(20-11-13-5-6-16-17(9-13)28-12-27-16)19(24)21-14-3-1-4-15(10-14)22-7-2-8-29(22,25)26/h1,3-6,9-10H,2,7-8,11-12H2,(H,20,23)(H,21,24). The Hall–Kier alpha value is -3.27. The van der Waals surface area contributed by atoms with E-state index in [4.69, 9.17) is 9.47 Å². The van der Waals surface area contributed by atoms with Crippen molar-refractivity contribution in [1.29, 1.82) is 0 Å². The van der Waals surface area contributed by atoms with E-state index in [1.807, 2.05) is 0 Å². The molecular formula is C19H19N3O6S. The van der Waals surface area contributed by atoms with Crippen LogP contribution in [0.25, 0.3) is 0 Å². The minimum absolute atomic E-state index is 0.103.